The molecule has 0 radical (unpaired) electrons. The number of aromatic amines is 1. The number of halogens is 1. The predicted octanol–water partition coefficient (Wildman–Crippen LogP) is 2.35. The molecule has 3 heterocycles. The van der Waals surface area contributed by atoms with Crippen LogP contribution in [0.15, 0.2) is 30.3 Å². The highest BCUT2D eigenvalue weighted by Gasteiger charge is 2.32. The van der Waals surface area contributed by atoms with Crippen LogP contribution in [-0.4, -0.2) is 58.3 Å². The van der Waals surface area contributed by atoms with Gasteiger partial charge in [-0.2, -0.15) is 5.10 Å². The number of aromatic nitrogens is 3. The molecule has 0 saturated carbocycles. The summed E-state index contributed by atoms with van der Waals surface area (Å²) in [5.41, 5.74) is 7.27. The number of rotatable bonds is 4. The summed E-state index contributed by atoms with van der Waals surface area (Å²) in [5, 5.41) is 7.45. The summed E-state index contributed by atoms with van der Waals surface area (Å²) in [7, 11) is 0. The fourth-order valence-corrected chi connectivity index (χ4v) is 4.03. The summed E-state index contributed by atoms with van der Waals surface area (Å²) in [6, 6.07) is 9.56. The number of benzene rings is 1. The Balaban J connectivity index is 0.00000225. The van der Waals surface area contributed by atoms with Crippen molar-refractivity contribution in [2.24, 2.45) is 11.7 Å². The maximum atomic E-state index is 12.8. The molecule has 2 aliphatic rings. The van der Waals surface area contributed by atoms with Gasteiger partial charge in [0, 0.05) is 37.8 Å². The molecular weight excluding hydrogens is 378 g/mol. The Bertz CT molecular complexity index is 755. The molecule has 0 aliphatic carbocycles. The van der Waals surface area contributed by atoms with Crippen LogP contribution in [0.2, 0.25) is 0 Å². The number of nitrogens with two attached hydrogens (primary N) is 1. The van der Waals surface area contributed by atoms with Crippen molar-refractivity contribution in [1.82, 2.24) is 20.1 Å². The zero-order chi connectivity index (χ0) is 18.6. The number of carbonyl (C=O) groups excluding carboxylic acids is 1. The molecule has 7 nitrogen and oxygen atoms in total. The minimum absolute atomic E-state index is 0. The standard InChI is InChI=1S/C20H27N5O2.ClH/c21-17(14-8-12-27-13-9-14)20(26)25-10-6-16(7-11-25)19-22-18(23-24-19)15-4-2-1-3-5-15;/h1-5,14,16-17H,6-13,21H2,(H,22,23,24);1H. The van der Waals surface area contributed by atoms with Gasteiger partial charge in [0.2, 0.25) is 5.91 Å². The van der Waals surface area contributed by atoms with Gasteiger partial charge in [0.15, 0.2) is 5.82 Å². The topological polar surface area (TPSA) is 97.1 Å². The summed E-state index contributed by atoms with van der Waals surface area (Å²) in [6.45, 7) is 2.87. The highest BCUT2D eigenvalue weighted by Crippen LogP contribution is 2.28. The summed E-state index contributed by atoms with van der Waals surface area (Å²) in [4.78, 5) is 19.3. The van der Waals surface area contributed by atoms with Crippen LogP contribution in [0.1, 0.15) is 37.4 Å². The van der Waals surface area contributed by atoms with Crippen molar-refractivity contribution in [3.05, 3.63) is 36.2 Å². The number of hydrogen-bond donors (Lipinski definition) is 2. The monoisotopic (exact) mass is 405 g/mol. The Hall–Kier alpha value is -1.96. The summed E-state index contributed by atoms with van der Waals surface area (Å²) in [5.74, 6) is 2.27. The summed E-state index contributed by atoms with van der Waals surface area (Å²) >= 11 is 0. The number of piperidine rings is 1. The van der Waals surface area contributed by atoms with Gasteiger partial charge in [0.1, 0.15) is 5.82 Å². The van der Waals surface area contributed by atoms with Gasteiger partial charge in [-0.3, -0.25) is 9.89 Å². The number of likely N-dealkylation sites (tertiary alicyclic amines) is 1. The van der Waals surface area contributed by atoms with E-state index in [0.29, 0.717) is 19.1 Å². The van der Waals surface area contributed by atoms with E-state index in [1.807, 2.05) is 35.2 Å². The van der Waals surface area contributed by atoms with Gasteiger partial charge >= 0.3 is 0 Å². The number of amides is 1. The molecule has 1 amide bonds. The van der Waals surface area contributed by atoms with Crippen molar-refractivity contribution >= 4 is 18.3 Å². The Kier molecular flexibility index (Phi) is 7.04. The van der Waals surface area contributed by atoms with Crippen molar-refractivity contribution in [1.29, 1.82) is 0 Å². The van der Waals surface area contributed by atoms with Crippen LogP contribution in [0.25, 0.3) is 11.4 Å². The van der Waals surface area contributed by atoms with Crippen LogP contribution < -0.4 is 5.73 Å². The lowest BCUT2D eigenvalue weighted by Crippen LogP contribution is -2.51. The smallest absolute Gasteiger partial charge is 0.239 e. The Morgan fingerprint density at radius 3 is 2.50 bits per heavy atom. The van der Waals surface area contributed by atoms with E-state index < -0.39 is 6.04 Å². The normalized spacial score (nSPS) is 19.8. The second-order valence-electron chi connectivity index (χ2n) is 7.49. The molecule has 152 valence electrons. The highest BCUT2D eigenvalue weighted by atomic mass is 35.5. The maximum absolute atomic E-state index is 12.8. The largest absolute Gasteiger partial charge is 0.381 e. The van der Waals surface area contributed by atoms with Gasteiger partial charge in [0.25, 0.3) is 0 Å². The molecule has 2 fully saturated rings. The number of nitrogens with zero attached hydrogens (tertiary/aromatic N) is 3. The first-order chi connectivity index (χ1) is 13.2. The van der Waals surface area contributed by atoms with Gasteiger partial charge in [0.05, 0.1) is 6.04 Å². The first kappa shape index (κ1) is 20.8. The molecule has 28 heavy (non-hydrogen) atoms. The van der Waals surface area contributed by atoms with Crippen LogP contribution >= 0.6 is 12.4 Å². The highest BCUT2D eigenvalue weighted by molar-refractivity contribution is 5.85. The predicted molar refractivity (Wildman–Crippen MR) is 109 cm³/mol. The molecule has 1 aromatic heterocycles. The lowest BCUT2D eigenvalue weighted by Gasteiger charge is -2.35. The number of H-pyrrole nitrogens is 1. The molecule has 3 N–H and O–H groups in total. The van der Waals surface area contributed by atoms with E-state index in [1.54, 1.807) is 0 Å². The fourth-order valence-electron chi connectivity index (χ4n) is 4.03. The minimum atomic E-state index is -0.402. The van der Waals surface area contributed by atoms with Crippen molar-refractivity contribution in [2.45, 2.75) is 37.6 Å². The van der Waals surface area contributed by atoms with E-state index in [9.17, 15) is 4.79 Å². The molecular formula is C20H28ClN5O2. The molecule has 2 saturated heterocycles. The third-order valence-electron chi connectivity index (χ3n) is 5.79. The molecule has 2 aromatic rings. The average Bonchev–Trinajstić information content (AvgIpc) is 3.24. The van der Waals surface area contributed by atoms with Gasteiger partial charge in [-0.15, -0.1) is 12.4 Å². The van der Waals surface area contributed by atoms with Crippen molar-refractivity contribution < 1.29 is 9.53 Å². The van der Waals surface area contributed by atoms with Gasteiger partial charge in [-0.05, 0) is 31.6 Å². The zero-order valence-electron chi connectivity index (χ0n) is 15.9. The molecule has 0 bridgehead atoms. The van der Waals surface area contributed by atoms with Crippen LogP contribution in [-0.2, 0) is 9.53 Å². The Labute approximate surface area is 171 Å². The lowest BCUT2D eigenvalue weighted by atomic mass is 9.90. The zero-order valence-corrected chi connectivity index (χ0v) is 16.7. The fraction of sp³-hybridized carbons (Fsp3) is 0.550. The number of nitrogens with one attached hydrogen (secondary N) is 1. The van der Waals surface area contributed by atoms with E-state index in [-0.39, 0.29) is 24.2 Å². The lowest BCUT2D eigenvalue weighted by molar-refractivity contribution is -0.135. The van der Waals surface area contributed by atoms with Crippen molar-refractivity contribution in [2.75, 3.05) is 26.3 Å². The SMILES string of the molecule is Cl.NC(C(=O)N1CCC(c2nc(-c3ccccc3)n[nH]2)CC1)C1CCOCC1. The quantitative estimate of drug-likeness (QED) is 0.813. The second-order valence-corrected chi connectivity index (χ2v) is 7.49. The molecule has 2 aliphatic heterocycles. The maximum Gasteiger partial charge on any atom is 0.239 e. The first-order valence-corrected chi connectivity index (χ1v) is 9.82. The third-order valence-corrected chi connectivity index (χ3v) is 5.79. The van der Waals surface area contributed by atoms with E-state index in [2.05, 4.69) is 15.2 Å². The summed E-state index contributed by atoms with van der Waals surface area (Å²) in [6.07, 6.45) is 3.53. The van der Waals surface area contributed by atoms with Crippen LogP contribution in [0, 0.1) is 5.92 Å². The van der Waals surface area contributed by atoms with E-state index in [1.165, 1.54) is 0 Å². The Morgan fingerprint density at radius 2 is 1.82 bits per heavy atom. The van der Waals surface area contributed by atoms with Crippen LogP contribution in [0.4, 0.5) is 0 Å². The van der Waals surface area contributed by atoms with Gasteiger partial charge in [-0.1, -0.05) is 30.3 Å². The third kappa shape index (κ3) is 4.54. The number of carbonyl (C=O) groups is 1. The summed E-state index contributed by atoms with van der Waals surface area (Å²) < 4.78 is 5.38. The van der Waals surface area contributed by atoms with E-state index >= 15 is 0 Å². The molecule has 1 aromatic carbocycles. The number of ether oxygens (including phenoxy) is 1. The average molecular weight is 406 g/mol. The van der Waals surface area contributed by atoms with Gasteiger partial charge in [-0.25, -0.2) is 4.98 Å². The van der Waals surface area contributed by atoms with Gasteiger partial charge < -0.3 is 15.4 Å². The van der Waals surface area contributed by atoms with E-state index in [0.717, 1.165) is 56.0 Å². The molecule has 4 rings (SSSR count). The Morgan fingerprint density at radius 1 is 1.14 bits per heavy atom. The molecule has 1 atom stereocenters. The molecule has 0 spiro atoms. The van der Waals surface area contributed by atoms with Crippen molar-refractivity contribution in [3.8, 4) is 11.4 Å². The van der Waals surface area contributed by atoms with Crippen molar-refractivity contribution in [3.63, 3.8) is 0 Å². The molecule has 8 heteroatoms. The number of hydrogen-bond acceptors (Lipinski definition) is 5. The molecule has 1 unspecified atom stereocenters. The first-order valence-electron chi connectivity index (χ1n) is 9.82. The van der Waals surface area contributed by atoms with Crippen LogP contribution in [0.3, 0.4) is 0 Å². The minimum Gasteiger partial charge on any atom is -0.381 e. The van der Waals surface area contributed by atoms with E-state index in [4.69, 9.17) is 10.5 Å². The second kappa shape index (κ2) is 9.49. The van der Waals surface area contributed by atoms with Crippen LogP contribution in [0.5, 0.6) is 0 Å².